The average Bonchev–Trinajstić information content (AvgIpc) is 3.44. The fourth-order valence-corrected chi connectivity index (χ4v) is 5.16. The molecule has 5 rings (SSSR count). The molecule has 32 heavy (non-hydrogen) atoms. The number of hydrogen-bond acceptors (Lipinski definition) is 4. The fraction of sp³-hybridized carbons (Fsp3) is 0.360. The minimum Gasteiger partial charge on any atom is -0.454 e. The molecule has 7 heteroatoms. The number of benzene rings is 1. The largest absolute Gasteiger partial charge is 0.454 e. The number of nitrogens with zero attached hydrogens (tertiary/aromatic N) is 3. The van der Waals surface area contributed by atoms with Crippen LogP contribution in [-0.4, -0.2) is 32.9 Å². The molecule has 3 aromatic rings. The molecule has 166 valence electrons. The highest BCUT2D eigenvalue weighted by molar-refractivity contribution is 7.80. The van der Waals surface area contributed by atoms with Crippen molar-refractivity contribution in [3.63, 3.8) is 0 Å². The van der Waals surface area contributed by atoms with Gasteiger partial charge in [-0.05, 0) is 67.9 Å². The molecule has 0 aliphatic carbocycles. The summed E-state index contributed by atoms with van der Waals surface area (Å²) in [5, 5.41) is 4.34. The summed E-state index contributed by atoms with van der Waals surface area (Å²) in [5.74, 6) is 2.06. The molecule has 0 spiro atoms. The zero-order valence-corrected chi connectivity index (χ0v) is 19.6. The molecule has 0 unspecified atom stereocenters. The highest BCUT2D eigenvalue weighted by Crippen LogP contribution is 2.42. The quantitative estimate of drug-likeness (QED) is 0.564. The lowest BCUT2D eigenvalue weighted by Gasteiger charge is -2.29. The third-order valence-corrected chi connectivity index (χ3v) is 6.52. The van der Waals surface area contributed by atoms with E-state index in [0.717, 1.165) is 34.5 Å². The highest BCUT2D eigenvalue weighted by Gasteiger charge is 2.41. The van der Waals surface area contributed by atoms with Gasteiger partial charge in [-0.15, -0.1) is 0 Å². The number of ether oxygens (including phenoxy) is 2. The molecule has 1 fully saturated rings. The predicted octanol–water partition coefficient (Wildman–Crippen LogP) is 4.85. The van der Waals surface area contributed by atoms with E-state index in [9.17, 15) is 0 Å². The summed E-state index contributed by atoms with van der Waals surface area (Å²) in [7, 11) is 0. The smallest absolute Gasteiger partial charge is 0.231 e. The van der Waals surface area contributed by atoms with Gasteiger partial charge < -0.3 is 24.3 Å². The van der Waals surface area contributed by atoms with Crippen LogP contribution in [0.25, 0.3) is 5.69 Å². The molecule has 1 N–H and O–H groups in total. The molecular formula is C25H28N4O2S. The van der Waals surface area contributed by atoms with E-state index in [4.69, 9.17) is 21.7 Å². The molecule has 1 saturated heterocycles. The van der Waals surface area contributed by atoms with Crippen molar-refractivity contribution in [1.82, 2.24) is 19.8 Å². The van der Waals surface area contributed by atoms with Gasteiger partial charge in [-0.25, -0.2) is 0 Å². The first-order valence-electron chi connectivity index (χ1n) is 11.0. The van der Waals surface area contributed by atoms with E-state index >= 15 is 0 Å². The summed E-state index contributed by atoms with van der Waals surface area (Å²) >= 11 is 5.79. The minimum absolute atomic E-state index is 0.00634. The van der Waals surface area contributed by atoms with Gasteiger partial charge in [0.05, 0.1) is 17.8 Å². The van der Waals surface area contributed by atoms with Crippen LogP contribution >= 0.6 is 12.2 Å². The normalized spacial score (nSPS) is 19.7. The van der Waals surface area contributed by atoms with Gasteiger partial charge in [-0.1, -0.05) is 19.9 Å². The summed E-state index contributed by atoms with van der Waals surface area (Å²) in [6.45, 7) is 9.93. The Kier molecular flexibility index (Phi) is 5.29. The van der Waals surface area contributed by atoms with Crippen LogP contribution in [0.4, 0.5) is 0 Å². The number of aromatic nitrogens is 2. The Bertz CT molecular complexity index is 1160. The van der Waals surface area contributed by atoms with E-state index in [1.54, 1.807) is 0 Å². The summed E-state index contributed by atoms with van der Waals surface area (Å²) in [5.41, 5.74) is 5.67. The Balaban J connectivity index is 1.61. The molecule has 4 heterocycles. The van der Waals surface area contributed by atoms with Crippen LogP contribution in [0.2, 0.25) is 0 Å². The maximum atomic E-state index is 5.79. The topological polar surface area (TPSA) is 51.6 Å². The van der Waals surface area contributed by atoms with E-state index in [1.165, 1.54) is 17.0 Å². The third-order valence-electron chi connectivity index (χ3n) is 6.16. The van der Waals surface area contributed by atoms with Gasteiger partial charge in [-0.3, -0.25) is 4.98 Å². The van der Waals surface area contributed by atoms with Crippen molar-refractivity contribution < 1.29 is 9.47 Å². The number of aryl methyl sites for hydroxylation is 1. The van der Waals surface area contributed by atoms with Crippen LogP contribution in [0, 0.1) is 19.8 Å². The SMILES string of the molecule is Cc1cc([C@H]2[C@@H](c3ccccn3)NC(=S)N2CC(C)C)c(C)n1-c1ccc2c(c1)OCO2. The Hall–Kier alpha value is -3.06. The van der Waals surface area contributed by atoms with Crippen molar-refractivity contribution in [2.45, 2.75) is 39.8 Å². The minimum atomic E-state index is -0.00634. The van der Waals surface area contributed by atoms with Crippen LogP contribution in [0.3, 0.4) is 0 Å². The molecule has 1 aromatic carbocycles. The summed E-state index contributed by atoms with van der Waals surface area (Å²) in [4.78, 5) is 6.98. The molecule has 2 aliphatic heterocycles. The van der Waals surface area contributed by atoms with Gasteiger partial charge in [0.15, 0.2) is 16.6 Å². The second-order valence-electron chi connectivity index (χ2n) is 8.87. The van der Waals surface area contributed by atoms with E-state index in [-0.39, 0.29) is 18.9 Å². The lowest BCUT2D eigenvalue weighted by molar-refractivity contribution is 0.174. The van der Waals surface area contributed by atoms with Crippen molar-refractivity contribution in [3.05, 3.63) is 71.3 Å². The van der Waals surface area contributed by atoms with Crippen molar-refractivity contribution in [2.24, 2.45) is 5.92 Å². The number of nitrogens with one attached hydrogen (secondary N) is 1. The fourth-order valence-electron chi connectivity index (χ4n) is 4.84. The average molecular weight is 449 g/mol. The molecular weight excluding hydrogens is 420 g/mol. The number of pyridine rings is 1. The number of thiocarbonyl (C=S) groups is 1. The molecule has 0 amide bonds. The van der Waals surface area contributed by atoms with E-state index in [1.807, 2.05) is 30.5 Å². The lowest BCUT2D eigenvalue weighted by atomic mass is 9.96. The second kappa shape index (κ2) is 8.13. The van der Waals surface area contributed by atoms with Crippen LogP contribution in [0.5, 0.6) is 11.5 Å². The Morgan fingerprint density at radius 3 is 2.69 bits per heavy atom. The Morgan fingerprint density at radius 2 is 1.94 bits per heavy atom. The van der Waals surface area contributed by atoms with Gasteiger partial charge in [0.25, 0.3) is 0 Å². The molecule has 2 atom stereocenters. The summed E-state index contributed by atoms with van der Waals surface area (Å²) in [6, 6.07) is 14.5. The van der Waals surface area contributed by atoms with Gasteiger partial charge in [-0.2, -0.15) is 0 Å². The van der Waals surface area contributed by atoms with Crippen LogP contribution in [0.1, 0.15) is 48.6 Å². The van der Waals surface area contributed by atoms with E-state index in [0.29, 0.717) is 5.92 Å². The summed E-state index contributed by atoms with van der Waals surface area (Å²) in [6.07, 6.45) is 1.85. The van der Waals surface area contributed by atoms with Gasteiger partial charge in [0.2, 0.25) is 6.79 Å². The zero-order chi connectivity index (χ0) is 22.4. The summed E-state index contributed by atoms with van der Waals surface area (Å²) < 4.78 is 13.4. The zero-order valence-electron chi connectivity index (χ0n) is 18.8. The molecule has 0 bridgehead atoms. The van der Waals surface area contributed by atoms with Crippen LogP contribution < -0.4 is 14.8 Å². The molecule has 2 aliphatic rings. The predicted molar refractivity (Wildman–Crippen MR) is 128 cm³/mol. The molecule has 0 radical (unpaired) electrons. The number of hydrogen-bond donors (Lipinski definition) is 1. The number of fused-ring (bicyclic) bond motifs is 1. The Labute approximate surface area is 194 Å². The second-order valence-corrected chi connectivity index (χ2v) is 9.26. The van der Waals surface area contributed by atoms with Gasteiger partial charge >= 0.3 is 0 Å². The standard InChI is InChI=1S/C25H28N4O2S/c1-15(2)13-28-24(23(27-25(28)32)20-7-5-6-10-26-20)19-11-16(3)29(17(19)4)18-8-9-21-22(12-18)31-14-30-21/h5-12,15,23-24H,13-14H2,1-4H3,(H,27,32)/t23-,24+/m1/s1. The molecule has 2 aromatic heterocycles. The van der Waals surface area contributed by atoms with Crippen molar-refractivity contribution in [3.8, 4) is 17.2 Å². The van der Waals surface area contributed by atoms with Crippen LogP contribution in [-0.2, 0) is 0 Å². The van der Waals surface area contributed by atoms with Gasteiger partial charge in [0.1, 0.15) is 0 Å². The van der Waals surface area contributed by atoms with E-state index in [2.05, 4.69) is 65.7 Å². The molecule has 0 saturated carbocycles. The maximum Gasteiger partial charge on any atom is 0.231 e. The van der Waals surface area contributed by atoms with Crippen LogP contribution in [0.15, 0.2) is 48.7 Å². The van der Waals surface area contributed by atoms with Crippen molar-refractivity contribution in [2.75, 3.05) is 13.3 Å². The first-order valence-corrected chi connectivity index (χ1v) is 11.4. The lowest BCUT2D eigenvalue weighted by Crippen LogP contribution is -2.33. The molecule has 6 nitrogen and oxygen atoms in total. The highest BCUT2D eigenvalue weighted by atomic mass is 32.1. The third kappa shape index (κ3) is 3.50. The van der Waals surface area contributed by atoms with Crippen molar-refractivity contribution in [1.29, 1.82) is 0 Å². The van der Waals surface area contributed by atoms with Gasteiger partial charge in [0, 0.05) is 35.9 Å². The van der Waals surface area contributed by atoms with Crippen molar-refractivity contribution >= 4 is 17.3 Å². The first-order chi connectivity index (χ1) is 15.4. The Morgan fingerprint density at radius 1 is 1.12 bits per heavy atom. The monoisotopic (exact) mass is 448 g/mol. The number of rotatable bonds is 5. The van der Waals surface area contributed by atoms with E-state index < -0.39 is 0 Å². The first kappa shape index (κ1) is 20.8. The maximum absolute atomic E-state index is 5.79.